The lowest BCUT2D eigenvalue weighted by Gasteiger charge is -2.13. The fraction of sp³-hybridized carbons (Fsp3) is 0.692. The average molecular weight is 232 g/mol. The van der Waals surface area contributed by atoms with Crippen LogP contribution in [-0.4, -0.2) is 29.1 Å². The maximum atomic E-state index is 4.67. The van der Waals surface area contributed by atoms with Crippen LogP contribution in [0.25, 0.3) is 0 Å². The van der Waals surface area contributed by atoms with Crippen molar-refractivity contribution < 1.29 is 0 Å². The molecule has 0 spiro atoms. The van der Waals surface area contributed by atoms with Gasteiger partial charge in [0.15, 0.2) is 0 Å². The molecule has 0 saturated heterocycles. The molecule has 0 unspecified atom stereocenters. The summed E-state index contributed by atoms with van der Waals surface area (Å²) in [6, 6.07) is 0.594. The van der Waals surface area contributed by atoms with Gasteiger partial charge in [0.25, 0.3) is 0 Å². The zero-order valence-electron chi connectivity index (χ0n) is 10.2. The molecule has 0 atom stereocenters. The van der Waals surface area contributed by atoms with Crippen molar-refractivity contribution in [1.82, 2.24) is 15.3 Å². The molecule has 1 fully saturated rings. The summed E-state index contributed by atoms with van der Waals surface area (Å²) < 4.78 is 0. The van der Waals surface area contributed by atoms with Gasteiger partial charge in [0.2, 0.25) is 5.95 Å². The third-order valence-corrected chi connectivity index (χ3v) is 3.75. The van der Waals surface area contributed by atoms with E-state index >= 15 is 0 Å². The van der Waals surface area contributed by atoms with Crippen LogP contribution in [-0.2, 0) is 12.8 Å². The first kappa shape index (κ1) is 11.0. The van der Waals surface area contributed by atoms with E-state index in [0.717, 1.165) is 31.9 Å². The van der Waals surface area contributed by atoms with E-state index in [1.165, 1.54) is 36.9 Å². The number of nitrogens with zero attached hydrogens (tertiary/aromatic N) is 2. The minimum absolute atomic E-state index is 0.594. The predicted molar refractivity (Wildman–Crippen MR) is 68.2 cm³/mol. The normalized spacial score (nSPS) is 20.9. The summed E-state index contributed by atoms with van der Waals surface area (Å²) in [5, 5.41) is 6.87. The van der Waals surface area contributed by atoms with Gasteiger partial charge in [-0.3, -0.25) is 0 Å². The molecule has 0 amide bonds. The summed E-state index contributed by atoms with van der Waals surface area (Å²) in [7, 11) is 0. The molecule has 2 heterocycles. The second-order valence-electron chi connectivity index (χ2n) is 5.04. The van der Waals surface area contributed by atoms with Crippen LogP contribution in [0.1, 0.15) is 36.9 Å². The maximum Gasteiger partial charge on any atom is 0.223 e. The highest BCUT2D eigenvalue weighted by Gasteiger charge is 2.16. The smallest absolute Gasteiger partial charge is 0.223 e. The van der Waals surface area contributed by atoms with Crippen molar-refractivity contribution in [2.75, 3.05) is 18.4 Å². The van der Waals surface area contributed by atoms with Gasteiger partial charge >= 0.3 is 0 Å². The standard InChI is InChI=1S/C13H20N4/c1-2-4-11(3-1)16-13-15-9-10-5-7-14-8-6-12(10)17-13/h9,11,14H,1-8H2,(H,15,16,17). The minimum Gasteiger partial charge on any atom is -0.351 e. The number of nitrogens with one attached hydrogen (secondary N) is 2. The first-order valence-electron chi connectivity index (χ1n) is 6.74. The van der Waals surface area contributed by atoms with Gasteiger partial charge in [0.1, 0.15) is 0 Å². The number of aromatic nitrogens is 2. The molecule has 0 bridgehead atoms. The van der Waals surface area contributed by atoms with Crippen molar-refractivity contribution in [1.29, 1.82) is 0 Å². The van der Waals surface area contributed by atoms with E-state index in [-0.39, 0.29) is 0 Å². The molecule has 2 aliphatic rings. The van der Waals surface area contributed by atoms with E-state index in [2.05, 4.69) is 20.6 Å². The number of hydrogen-bond donors (Lipinski definition) is 2. The van der Waals surface area contributed by atoms with Crippen molar-refractivity contribution in [3.8, 4) is 0 Å². The number of fused-ring (bicyclic) bond motifs is 1. The molecule has 1 aliphatic heterocycles. The number of hydrogen-bond acceptors (Lipinski definition) is 4. The molecule has 1 aromatic heterocycles. The Bertz CT molecular complexity index is 385. The summed E-state index contributed by atoms with van der Waals surface area (Å²) in [6.07, 6.45) is 9.30. The lowest BCUT2D eigenvalue weighted by Crippen LogP contribution is -2.17. The van der Waals surface area contributed by atoms with Gasteiger partial charge in [0, 0.05) is 25.2 Å². The van der Waals surface area contributed by atoms with E-state index in [9.17, 15) is 0 Å². The van der Waals surface area contributed by atoms with Crippen molar-refractivity contribution in [3.05, 3.63) is 17.5 Å². The Hall–Kier alpha value is -1.16. The fourth-order valence-corrected chi connectivity index (χ4v) is 2.74. The van der Waals surface area contributed by atoms with Crippen LogP contribution in [0.4, 0.5) is 5.95 Å². The Morgan fingerprint density at radius 1 is 1.18 bits per heavy atom. The molecule has 17 heavy (non-hydrogen) atoms. The highest BCUT2D eigenvalue weighted by atomic mass is 15.1. The largest absolute Gasteiger partial charge is 0.351 e. The number of anilines is 1. The molecule has 4 heteroatoms. The molecule has 4 nitrogen and oxygen atoms in total. The van der Waals surface area contributed by atoms with Gasteiger partial charge in [-0.2, -0.15) is 0 Å². The molecule has 0 radical (unpaired) electrons. The second-order valence-corrected chi connectivity index (χ2v) is 5.04. The van der Waals surface area contributed by atoms with Crippen LogP contribution < -0.4 is 10.6 Å². The predicted octanol–water partition coefficient (Wildman–Crippen LogP) is 1.52. The molecule has 1 aromatic rings. The highest BCUT2D eigenvalue weighted by molar-refractivity contribution is 5.32. The first-order valence-corrected chi connectivity index (χ1v) is 6.74. The summed E-state index contributed by atoms with van der Waals surface area (Å²) in [5.74, 6) is 0.831. The monoisotopic (exact) mass is 232 g/mol. The molecule has 1 aliphatic carbocycles. The van der Waals surface area contributed by atoms with E-state index in [4.69, 9.17) is 0 Å². The Morgan fingerprint density at radius 3 is 2.88 bits per heavy atom. The van der Waals surface area contributed by atoms with Crippen molar-refractivity contribution in [2.24, 2.45) is 0 Å². The summed E-state index contributed by atoms with van der Waals surface area (Å²) in [5.41, 5.74) is 2.54. The summed E-state index contributed by atoms with van der Waals surface area (Å²) >= 11 is 0. The van der Waals surface area contributed by atoms with E-state index in [1.807, 2.05) is 6.20 Å². The van der Waals surface area contributed by atoms with E-state index < -0.39 is 0 Å². The average Bonchev–Trinajstić information content (AvgIpc) is 2.73. The van der Waals surface area contributed by atoms with Gasteiger partial charge in [-0.1, -0.05) is 12.8 Å². The summed E-state index contributed by atoms with van der Waals surface area (Å²) in [6.45, 7) is 2.08. The van der Waals surface area contributed by atoms with Crippen molar-refractivity contribution in [2.45, 2.75) is 44.6 Å². The first-order chi connectivity index (χ1) is 8.42. The Kier molecular flexibility index (Phi) is 3.22. The molecular formula is C13H20N4. The lowest BCUT2D eigenvalue weighted by atomic mass is 10.1. The second kappa shape index (κ2) is 5.00. The van der Waals surface area contributed by atoms with Crippen molar-refractivity contribution >= 4 is 5.95 Å². The molecule has 3 rings (SSSR count). The van der Waals surface area contributed by atoms with Crippen LogP contribution in [0.5, 0.6) is 0 Å². The van der Waals surface area contributed by atoms with Gasteiger partial charge in [-0.15, -0.1) is 0 Å². The Labute approximate surface area is 102 Å². The van der Waals surface area contributed by atoms with E-state index in [1.54, 1.807) is 0 Å². The maximum absolute atomic E-state index is 4.67. The minimum atomic E-state index is 0.594. The third kappa shape index (κ3) is 2.57. The van der Waals surface area contributed by atoms with E-state index in [0.29, 0.717) is 6.04 Å². The van der Waals surface area contributed by atoms with Crippen LogP contribution in [0, 0.1) is 0 Å². The van der Waals surface area contributed by atoms with Crippen LogP contribution in [0.2, 0.25) is 0 Å². The highest BCUT2D eigenvalue weighted by Crippen LogP contribution is 2.21. The molecule has 1 saturated carbocycles. The van der Waals surface area contributed by atoms with Crippen LogP contribution >= 0.6 is 0 Å². The van der Waals surface area contributed by atoms with Gasteiger partial charge in [0.05, 0.1) is 5.69 Å². The lowest BCUT2D eigenvalue weighted by molar-refractivity contribution is 0.708. The zero-order chi connectivity index (χ0) is 11.5. The number of rotatable bonds is 2. The van der Waals surface area contributed by atoms with Gasteiger partial charge < -0.3 is 10.6 Å². The molecule has 0 aromatic carbocycles. The van der Waals surface area contributed by atoms with Crippen LogP contribution in [0.15, 0.2) is 6.20 Å². The fourth-order valence-electron chi connectivity index (χ4n) is 2.74. The zero-order valence-corrected chi connectivity index (χ0v) is 10.2. The third-order valence-electron chi connectivity index (χ3n) is 3.75. The van der Waals surface area contributed by atoms with Gasteiger partial charge in [-0.05, 0) is 31.4 Å². The Balaban J connectivity index is 1.74. The topological polar surface area (TPSA) is 49.8 Å². The SMILES string of the molecule is c1nc(NC2CCCC2)nc2c1CCNCC2. The molecule has 2 N–H and O–H groups in total. The summed E-state index contributed by atoms with van der Waals surface area (Å²) in [4.78, 5) is 9.12. The van der Waals surface area contributed by atoms with Crippen LogP contribution in [0.3, 0.4) is 0 Å². The Morgan fingerprint density at radius 2 is 2.00 bits per heavy atom. The van der Waals surface area contributed by atoms with Crippen molar-refractivity contribution in [3.63, 3.8) is 0 Å². The quantitative estimate of drug-likeness (QED) is 0.811. The molecular weight excluding hydrogens is 212 g/mol. The molecule has 92 valence electrons. The van der Waals surface area contributed by atoms with Gasteiger partial charge in [-0.25, -0.2) is 9.97 Å².